The number of sulfonamides is 1. The van der Waals surface area contributed by atoms with Crippen molar-refractivity contribution in [1.29, 1.82) is 0 Å². The molecule has 1 atom stereocenters. The molecule has 20 heavy (non-hydrogen) atoms. The maximum atomic E-state index is 12.2. The number of aliphatic hydroxyl groups is 1. The Hall–Kier alpha value is -1.92. The summed E-state index contributed by atoms with van der Waals surface area (Å²) in [6.07, 6.45) is 2.45. The molecule has 5 nitrogen and oxygen atoms in total. The minimum atomic E-state index is -3.65. The molecule has 2 N–H and O–H groups in total. The smallest absolute Gasteiger partial charge is 0.261 e. The van der Waals surface area contributed by atoms with Crippen LogP contribution in [0.4, 0.5) is 5.69 Å². The van der Waals surface area contributed by atoms with Gasteiger partial charge < -0.3 is 5.11 Å². The highest BCUT2D eigenvalue weighted by Gasteiger charge is 2.15. The van der Waals surface area contributed by atoms with Crippen LogP contribution in [0.1, 0.15) is 24.2 Å². The summed E-state index contributed by atoms with van der Waals surface area (Å²) in [6.45, 7) is 3.43. The van der Waals surface area contributed by atoms with E-state index in [-0.39, 0.29) is 4.90 Å². The van der Waals surface area contributed by atoms with E-state index in [1.807, 2.05) is 0 Å². The Morgan fingerprint density at radius 2 is 1.85 bits per heavy atom. The summed E-state index contributed by atoms with van der Waals surface area (Å²) in [5, 5.41) is 9.42. The average Bonchev–Trinajstić information content (AvgIpc) is 2.41. The van der Waals surface area contributed by atoms with Gasteiger partial charge in [0.25, 0.3) is 10.0 Å². The maximum absolute atomic E-state index is 12.2. The number of benzene rings is 1. The summed E-state index contributed by atoms with van der Waals surface area (Å²) in [5.74, 6) is 0. The van der Waals surface area contributed by atoms with E-state index in [1.165, 1.54) is 18.3 Å². The molecule has 0 amide bonds. The van der Waals surface area contributed by atoms with E-state index in [9.17, 15) is 13.5 Å². The molecule has 2 rings (SSSR count). The third-order valence-electron chi connectivity index (χ3n) is 2.96. The van der Waals surface area contributed by atoms with Crippen molar-refractivity contribution in [3.05, 3.63) is 53.9 Å². The molecule has 0 aliphatic carbocycles. The quantitative estimate of drug-likeness (QED) is 0.905. The Balaban J connectivity index is 2.29. The van der Waals surface area contributed by atoms with Crippen LogP contribution in [0, 0.1) is 6.92 Å². The van der Waals surface area contributed by atoms with Gasteiger partial charge in [-0.25, -0.2) is 8.42 Å². The van der Waals surface area contributed by atoms with Crippen LogP contribution in [-0.2, 0) is 10.0 Å². The summed E-state index contributed by atoms with van der Waals surface area (Å²) in [4.78, 5) is 4.04. The van der Waals surface area contributed by atoms with Crippen molar-refractivity contribution in [3.63, 3.8) is 0 Å². The van der Waals surface area contributed by atoms with Crippen LogP contribution >= 0.6 is 0 Å². The zero-order valence-electron chi connectivity index (χ0n) is 11.2. The number of hydrogen-bond donors (Lipinski definition) is 2. The second-order valence-corrected chi connectivity index (χ2v) is 6.22. The molecule has 1 aromatic heterocycles. The van der Waals surface area contributed by atoms with Gasteiger partial charge in [-0.05, 0) is 43.2 Å². The fourth-order valence-electron chi connectivity index (χ4n) is 1.70. The van der Waals surface area contributed by atoms with Crippen LogP contribution in [0.15, 0.2) is 47.6 Å². The number of rotatable bonds is 4. The lowest BCUT2D eigenvalue weighted by Crippen LogP contribution is -2.14. The molecular weight excluding hydrogens is 276 g/mol. The van der Waals surface area contributed by atoms with E-state index in [0.717, 1.165) is 5.56 Å². The SMILES string of the molecule is Cc1ccncc1NS(=O)(=O)c1ccc(C(C)O)cc1. The monoisotopic (exact) mass is 292 g/mol. The molecule has 6 heteroatoms. The second-order valence-electron chi connectivity index (χ2n) is 4.54. The van der Waals surface area contributed by atoms with Crippen molar-refractivity contribution in [2.24, 2.45) is 0 Å². The van der Waals surface area contributed by atoms with Gasteiger partial charge in [0.05, 0.1) is 22.9 Å². The van der Waals surface area contributed by atoms with Gasteiger partial charge in [-0.1, -0.05) is 12.1 Å². The van der Waals surface area contributed by atoms with Crippen molar-refractivity contribution in [2.45, 2.75) is 24.8 Å². The standard InChI is InChI=1S/C14H16N2O3S/c1-10-7-8-15-9-14(10)16-20(18,19)13-5-3-12(4-6-13)11(2)17/h3-9,11,16-17H,1-2H3. The Kier molecular flexibility index (Phi) is 4.06. The third-order valence-corrected chi connectivity index (χ3v) is 4.34. The number of hydrogen-bond acceptors (Lipinski definition) is 4. The van der Waals surface area contributed by atoms with E-state index in [0.29, 0.717) is 11.3 Å². The predicted octanol–water partition coefficient (Wildman–Crippen LogP) is 2.24. The van der Waals surface area contributed by atoms with Crippen LogP contribution in [0.3, 0.4) is 0 Å². The molecule has 1 heterocycles. The van der Waals surface area contributed by atoms with Crippen molar-refractivity contribution in [1.82, 2.24) is 4.98 Å². The Morgan fingerprint density at radius 1 is 1.20 bits per heavy atom. The molecule has 0 saturated heterocycles. The van der Waals surface area contributed by atoms with E-state index in [4.69, 9.17) is 0 Å². The number of pyridine rings is 1. The molecule has 0 aliphatic rings. The fraction of sp³-hybridized carbons (Fsp3) is 0.214. The van der Waals surface area contributed by atoms with Gasteiger partial charge in [0.15, 0.2) is 0 Å². The third kappa shape index (κ3) is 3.15. The number of aryl methyl sites for hydroxylation is 1. The van der Waals surface area contributed by atoms with Gasteiger partial charge in [-0.2, -0.15) is 0 Å². The van der Waals surface area contributed by atoms with Gasteiger partial charge in [0, 0.05) is 6.20 Å². The summed E-state index contributed by atoms with van der Waals surface area (Å²) < 4.78 is 27.0. The predicted molar refractivity (Wildman–Crippen MR) is 76.9 cm³/mol. The lowest BCUT2D eigenvalue weighted by molar-refractivity contribution is 0.199. The summed E-state index contributed by atoms with van der Waals surface area (Å²) in [7, 11) is -3.65. The second kappa shape index (κ2) is 5.60. The minimum Gasteiger partial charge on any atom is -0.389 e. The van der Waals surface area contributed by atoms with Crippen LogP contribution in [0.5, 0.6) is 0 Å². The van der Waals surface area contributed by atoms with Gasteiger partial charge in [0.1, 0.15) is 0 Å². The molecule has 106 valence electrons. The highest BCUT2D eigenvalue weighted by molar-refractivity contribution is 7.92. The molecule has 2 aromatic rings. The topological polar surface area (TPSA) is 79.3 Å². The number of nitrogens with zero attached hydrogens (tertiary/aromatic N) is 1. The van der Waals surface area contributed by atoms with Crippen LogP contribution in [0.2, 0.25) is 0 Å². The summed E-state index contributed by atoms with van der Waals surface area (Å²) >= 11 is 0. The highest BCUT2D eigenvalue weighted by Crippen LogP contribution is 2.20. The number of nitrogens with one attached hydrogen (secondary N) is 1. The summed E-state index contributed by atoms with van der Waals surface area (Å²) in [5.41, 5.74) is 1.91. The molecule has 1 aromatic carbocycles. The normalized spacial score (nSPS) is 12.9. The Labute approximate surface area is 118 Å². The lowest BCUT2D eigenvalue weighted by atomic mass is 10.1. The highest BCUT2D eigenvalue weighted by atomic mass is 32.2. The van der Waals surface area contributed by atoms with E-state index in [1.54, 1.807) is 38.2 Å². The zero-order valence-corrected chi connectivity index (χ0v) is 12.1. The van der Waals surface area contributed by atoms with E-state index < -0.39 is 16.1 Å². The Morgan fingerprint density at radius 3 is 2.40 bits per heavy atom. The Bertz CT molecular complexity index is 695. The van der Waals surface area contributed by atoms with Crippen LogP contribution in [0.25, 0.3) is 0 Å². The van der Waals surface area contributed by atoms with Crippen molar-refractivity contribution < 1.29 is 13.5 Å². The molecule has 0 radical (unpaired) electrons. The van der Waals surface area contributed by atoms with Gasteiger partial charge in [-0.3, -0.25) is 9.71 Å². The molecule has 1 unspecified atom stereocenters. The van der Waals surface area contributed by atoms with Gasteiger partial charge >= 0.3 is 0 Å². The van der Waals surface area contributed by atoms with Crippen molar-refractivity contribution >= 4 is 15.7 Å². The first kappa shape index (κ1) is 14.5. The molecule has 0 bridgehead atoms. The number of aliphatic hydroxyl groups excluding tert-OH is 1. The molecule has 0 saturated carbocycles. The van der Waals surface area contributed by atoms with Gasteiger partial charge in [-0.15, -0.1) is 0 Å². The van der Waals surface area contributed by atoms with Crippen LogP contribution < -0.4 is 4.72 Å². The first-order chi connectivity index (χ1) is 9.40. The van der Waals surface area contributed by atoms with E-state index in [2.05, 4.69) is 9.71 Å². The summed E-state index contributed by atoms with van der Waals surface area (Å²) in [6, 6.07) is 7.85. The van der Waals surface area contributed by atoms with Gasteiger partial charge in [0.2, 0.25) is 0 Å². The first-order valence-corrected chi connectivity index (χ1v) is 7.60. The molecule has 0 fully saturated rings. The number of anilines is 1. The van der Waals surface area contributed by atoms with Crippen molar-refractivity contribution in [3.8, 4) is 0 Å². The van der Waals surface area contributed by atoms with E-state index >= 15 is 0 Å². The zero-order chi connectivity index (χ0) is 14.8. The van der Waals surface area contributed by atoms with Crippen LogP contribution in [-0.4, -0.2) is 18.5 Å². The minimum absolute atomic E-state index is 0.144. The lowest BCUT2D eigenvalue weighted by Gasteiger charge is -2.11. The average molecular weight is 292 g/mol. The fourth-order valence-corrected chi connectivity index (χ4v) is 2.82. The largest absolute Gasteiger partial charge is 0.389 e. The number of aromatic nitrogens is 1. The molecule has 0 spiro atoms. The first-order valence-electron chi connectivity index (χ1n) is 6.11. The molecular formula is C14H16N2O3S. The van der Waals surface area contributed by atoms with Crippen molar-refractivity contribution in [2.75, 3.05) is 4.72 Å². The maximum Gasteiger partial charge on any atom is 0.261 e. The molecule has 0 aliphatic heterocycles.